The highest BCUT2D eigenvalue weighted by molar-refractivity contribution is 8.14. The lowest BCUT2D eigenvalue weighted by atomic mass is 9.97. The van der Waals surface area contributed by atoms with Gasteiger partial charge in [0.05, 0.1) is 22.2 Å². The summed E-state index contributed by atoms with van der Waals surface area (Å²) in [6.45, 7) is 0. The van der Waals surface area contributed by atoms with Crippen LogP contribution in [0.25, 0.3) is 0 Å². The topological polar surface area (TPSA) is 95.3 Å². The van der Waals surface area contributed by atoms with Crippen molar-refractivity contribution in [2.24, 2.45) is 11.8 Å². The Kier molecular flexibility index (Phi) is 7.56. The van der Waals surface area contributed by atoms with Gasteiger partial charge < -0.3 is 0 Å². The molecule has 2 unspecified atom stereocenters. The number of nitrogens with one attached hydrogen (secondary N) is 2. The molecular formula is C18H12Cl2N4S2. The first-order chi connectivity index (χ1) is 12.4. The van der Waals surface area contributed by atoms with Gasteiger partial charge in [0.15, 0.2) is 0 Å². The Labute approximate surface area is 170 Å². The van der Waals surface area contributed by atoms with Gasteiger partial charge in [-0.3, -0.25) is 10.8 Å². The number of halogens is 2. The lowest BCUT2D eigenvalue weighted by Gasteiger charge is -2.17. The zero-order valence-corrected chi connectivity index (χ0v) is 16.4. The van der Waals surface area contributed by atoms with E-state index >= 15 is 0 Å². The van der Waals surface area contributed by atoms with Crippen LogP contribution in [0.1, 0.15) is 0 Å². The lowest BCUT2D eigenvalue weighted by Crippen LogP contribution is -2.24. The van der Waals surface area contributed by atoms with Gasteiger partial charge >= 0.3 is 0 Å². The van der Waals surface area contributed by atoms with Gasteiger partial charge in [-0.15, -0.1) is 0 Å². The van der Waals surface area contributed by atoms with Crippen LogP contribution in [0, 0.1) is 45.3 Å². The number of hydrogen-bond donors (Lipinski definition) is 2. The molecule has 0 saturated heterocycles. The highest BCUT2D eigenvalue weighted by Crippen LogP contribution is 2.32. The average Bonchev–Trinajstić information content (AvgIpc) is 2.63. The van der Waals surface area contributed by atoms with Crippen LogP contribution >= 0.6 is 46.7 Å². The second kappa shape index (κ2) is 9.66. The highest BCUT2D eigenvalue weighted by atomic mass is 35.5. The van der Waals surface area contributed by atoms with E-state index in [0.717, 1.165) is 33.3 Å². The second-order valence-corrected chi connectivity index (χ2v) is 8.16. The van der Waals surface area contributed by atoms with Crippen LogP contribution < -0.4 is 0 Å². The average molecular weight is 419 g/mol. The summed E-state index contributed by atoms with van der Waals surface area (Å²) in [4.78, 5) is 1.49. The highest BCUT2D eigenvalue weighted by Gasteiger charge is 2.30. The zero-order valence-electron chi connectivity index (χ0n) is 13.2. The van der Waals surface area contributed by atoms with E-state index in [1.165, 1.54) is 0 Å². The van der Waals surface area contributed by atoms with Crippen molar-refractivity contribution in [2.45, 2.75) is 9.79 Å². The van der Waals surface area contributed by atoms with Gasteiger partial charge in [-0.25, -0.2) is 0 Å². The second-order valence-electron chi connectivity index (χ2n) is 5.05. The summed E-state index contributed by atoms with van der Waals surface area (Å²) in [6.07, 6.45) is 0. The van der Waals surface area contributed by atoms with Crippen LogP contribution in [0.3, 0.4) is 0 Å². The zero-order chi connectivity index (χ0) is 19.1. The largest absolute Gasteiger partial charge is 0.297 e. The van der Waals surface area contributed by atoms with Gasteiger partial charge in [-0.1, -0.05) is 46.7 Å². The fourth-order valence-electron chi connectivity index (χ4n) is 1.96. The molecule has 8 heteroatoms. The number of nitriles is 2. The molecule has 0 heterocycles. The molecule has 0 radical (unpaired) electrons. The molecule has 0 fully saturated rings. The maximum Gasteiger partial charge on any atom is 0.116 e. The minimum atomic E-state index is -1.02. The van der Waals surface area contributed by atoms with Crippen molar-refractivity contribution in [3.05, 3.63) is 58.6 Å². The summed E-state index contributed by atoms with van der Waals surface area (Å²) in [5, 5.41) is 36.5. The lowest BCUT2D eigenvalue weighted by molar-refractivity contribution is 0.787. The summed E-state index contributed by atoms with van der Waals surface area (Å²) >= 11 is 13.8. The van der Waals surface area contributed by atoms with Crippen molar-refractivity contribution in [1.82, 2.24) is 0 Å². The molecule has 0 aromatic heterocycles. The minimum absolute atomic E-state index is 0.0165. The first-order valence-electron chi connectivity index (χ1n) is 7.27. The number of hydrogen-bond acceptors (Lipinski definition) is 6. The molecule has 0 amide bonds. The molecule has 0 aliphatic carbocycles. The van der Waals surface area contributed by atoms with Gasteiger partial charge in [-0.2, -0.15) is 10.5 Å². The van der Waals surface area contributed by atoms with E-state index < -0.39 is 11.8 Å². The van der Waals surface area contributed by atoms with Gasteiger partial charge in [0.1, 0.15) is 11.8 Å². The van der Waals surface area contributed by atoms with Gasteiger partial charge in [-0.05, 0) is 48.5 Å². The third kappa shape index (κ3) is 5.52. The quantitative estimate of drug-likeness (QED) is 0.347. The SMILES string of the molecule is N#CC(C(=N)Sc1ccc(Cl)cc1)C(C#N)C(=N)Sc1ccc(Cl)cc1. The molecule has 2 aromatic carbocycles. The van der Waals surface area contributed by atoms with Gasteiger partial charge in [0, 0.05) is 19.8 Å². The molecule has 4 nitrogen and oxygen atoms in total. The van der Waals surface area contributed by atoms with Gasteiger partial charge in [0.25, 0.3) is 0 Å². The maximum atomic E-state index is 9.47. The Hall–Kier alpha value is -1.96. The number of rotatable bonds is 5. The van der Waals surface area contributed by atoms with Crippen molar-refractivity contribution in [3.8, 4) is 12.1 Å². The van der Waals surface area contributed by atoms with E-state index in [2.05, 4.69) is 0 Å². The standard InChI is InChI=1S/C18H12Cl2N4S2/c19-11-1-5-13(6-2-11)25-17(23)15(9-21)16(10-22)18(24)26-14-7-3-12(20)4-8-14/h1-8,15-16,23-24H. The predicted molar refractivity (Wildman–Crippen MR) is 108 cm³/mol. The summed E-state index contributed by atoms with van der Waals surface area (Å²) in [5.74, 6) is -2.04. The normalized spacial score (nSPS) is 12.5. The predicted octanol–water partition coefficient (Wildman–Crippen LogP) is 6.11. The summed E-state index contributed by atoms with van der Waals surface area (Å²) in [6, 6.07) is 17.7. The molecule has 26 heavy (non-hydrogen) atoms. The van der Waals surface area contributed by atoms with E-state index in [9.17, 15) is 10.5 Å². The molecule has 0 bridgehead atoms. The van der Waals surface area contributed by atoms with Crippen molar-refractivity contribution < 1.29 is 0 Å². The Morgan fingerprint density at radius 2 is 1.04 bits per heavy atom. The van der Waals surface area contributed by atoms with E-state index in [4.69, 9.17) is 34.0 Å². The molecule has 0 saturated carbocycles. The van der Waals surface area contributed by atoms with Crippen LogP contribution in [0.15, 0.2) is 58.3 Å². The molecule has 0 aliphatic rings. The fraction of sp³-hybridized carbons (Fsp3) is 0.111. The van der Waals surface area contributed by atoms with Crippen LogP contribution in [0.2, 0.25) is 10.0 Å². The number of nitrogens with zero attached hydrogens (tertiary/aromatic N) is 2. The third-order valence-electron chi connectivity index (χ3n) is 3.26. The van der Waals surface area contributed by atoms with E-state index in [0.29, 0.717) is 10.0 Å². The van der Waals surface area contributed by atoms with E-state index in [1.807, 2.05) is 12.1 Å². The molecule has 2 atom stereocenters. The first-order valence-corrected chi connectivity index (χ1v) is 9.66. The molecule has 2 N–H and O–H groups in total. The molecule has 2 aromatic rings. The minimum Gasteiger partial charge on any atom is -0.297 e. The van der Waals surface area contributed by atoms with Crippen molar-refractivity contribution in [3.63, 3.8) is 0 Å². The fourth-order valence-corrected chi connectivity index (χ4v) is 3.89. The van der Waals surface area contributed by atoms with Crippen molar-refractivity contribution in [2.75, 3.05) is 0 Å². The molecule has 0 spiro atoms. The molecule has 130 valence electrons. The summed E-state index contributed by atoms with van der Waals surface area (Å²) in [5.41, 5.74) is 0. The molecular weight excluding hydrogens is 407 g/mol. The third-order valence-corrected chi connectivity index (χ3v) is 5.73. The van der Waals surface area contributed by atoms with Crippen LogP contribution in [0.5, 0.6) is 0 Å². The Bertz CT molecular complexity index is 808. The molecule has 0 aliphatic heterocycles. The van der Waals surface area contributed by atoms with Crippen LogP contribution in [0.4, 0.5) is 0 Å². The summed E-state index contributed by atoms with van der Waals surface area (Å²) < 4.78 is 0. The van der Waals surface area contributed by atoms with E-state index in [1.54, 1.807) is 48.5 Å². The monoisotopic (exact) mass is 418 g/mol. The Morgan fingerprint density at radius 3 is 1.31 bits per heavy atom. The van der Waals surface area contributed by atoms with Crippen LogP contribution in [-0.2, 0) is 0 Å². The van der Waals surface area contributed by atoms with Crippen molar-refractivity contribution >= 4 is 56.8 Å². The number of benzene rings is 2. The first kappa shape index (κ1) is 20.4. The summed E-state index contributed by atoms with van der Waals surface area (Å²) in [7, 11) is 0. The Morgan fingerprint density at radius 1 is 0.731 bits per heavy atom. The Balaban J connectivity index is 2.11. The number of thioether (sulfide) groups is 2. The maximum absolute atomic E-state index is 9.47. The smallest absolute Gasteiger partial charge is 0.116 e. The molecule has 2 rings (SSSR count). The van der Waals surface area contributed by atoms with Crippen molar-refractivity contribution in [1.29, 1.82) is 21.3 Å². The van der Waals surface area contributed by atoms with E-state index in [-0.39, 0.29) is 10.1 Å². The van der Waals surface area contributed by atoms with Gasteiger partial charge in [0.2, 0.25) is 0 Å². The van der Waals surface area contributed by atoms with Crippen LogP contribution in [-0.4, -0.2) is 10.1 Å².